The second-order valence-electron chi connectivity index (χ2n) is 9.76. The first-order valence-corrected chi connectivity index (χ1v) is 16.5. The Kier molecular flexibility index (Phi) is 10.3. The number of allylic oxidation sites excluding steroid dienone is 2. The monoisotopic (exact) mass is 686 g/mol. The van der Waals surface area contributed by atoms with Crippen molar-refractivity contribution in [1.82, 2.24) is 9.78 Å². The van der Waals surface area contributed by atoms with Crippen LogP contribution in [0.2, 0.25) is 0 Å². The van der Waals surface area contributed by atoms with Gasteiger partial charge in [-0.1, -0.05) is 12.2 Å². The van der Waals surface area contributed by atoms with Gasteiger partial charge in [0.2, 0.25) is 0 Å². The average molecular weight is 687 g/mol. The minimum Gasteiger partial charge on any atom is -0.462 e. The fraction of sp³-hybridized carbons (Fsp3) is 0.207. The smallest absolute Gasteiger partial charge is 0.356 e. The largest absolute Gasteiger partial charge is 0.462 e. The molecule has 0 bridgehead atoms. The van der Waals surface area contributed by atoms with Crippen LogP contribution in [0, 0.1) is 17.9 Å². The van der Waals surface area contributed by atoms with Crippen LogP contribution < -0.4 is 10.6 Å². The summed E-state index contributed by atoms with van der Waals surface area (Å²) in [6.45, 7) is 1.60. The lowest BCUT2D eigenvalue weighted by molar-refractivity contribution is -0.120. The summed E-state index contributed by atoms with van der Waals surface area (Å²) < 4.78 is 69.9. The summed E-state index contributed by atoms with van der Waals surface area (Å²) in [7, 11) is -8.97. The molecule has 18 heteroatoms. The zero-order valence-corrected chi connectivity index (χ0v) is 26.0. The van der Waals surface area contributed by atoms with E-state index in [1.54, 1.807) is 19.1 Å². The van der Waals surface area contributed by atoms with Crippen molar-refractivity contribution in [2.24, 2.45) is 11.0 Å². The number of anilines is 1. The molecule has 1 atom stereocenters. The van der Waals surface area contributed by atoms with E-state index in [0.717, 1.165) is 34.0 Å². The minimum absolute atomic E-state index is 0.0226. The topological polar surface area (TPSA) is 243 Å². The number of hydrogen-bond acceptors (Lipinski definition) is 11. The Balaban J connectivity index is 1.53. The summed E-state index contributed by atoms with van der Waals surface area (Å²) >= 11 is 0. The standard InChI is InChI=1S/C29H26N4O12S2/c1-2-45-29(38)26-23(28(37)33(31-26)19-10-14-21(15-11-19)47(42,43)44)7-5-3-4-6-22-25(24(35)16-17-34)30-32(27(22)36)18-8-12-20(13-9-18)46(39,40)41/h3-4,8-15,22,31,34H,2,5-7H2,1H3,(H,39,40,41)(H,42,43,44). The van der Waals surface area contributed by atoms with E-state index in [1.165, 1.54) is 30.4 Å². The van der Waals surface area contributed by atoms with Gasteiger partial charge in [-0.15, -0.1) is 0 Å². The number of ketones is 1. The molecule has 1 aromatic heterocycles. The highest BCUT2D eigenvalue weighted by atomic mass is 32.2. The van der Waals surface area contributed by atoms with Crippen LogP contribution in [0.4, 0.5) is 5.69 Å². The highest BCUT2D eigenvalue weighted by molar-refractivity contribution is 7.86. The summed E-state index contributed by atoms with van der Waals surface area (Å²) in [5.41, 5.74) is -0.705. The minimum atomic E-state index is -4.49. The molecule has 0 saturated heterocycles. The van der Waals surface area contributed by atoms with Crippen molar-refractivity contribution in [3.63, 3.8) is 0 Å². The number of Topliss-reactive ketones (excluding diaryl/α,β-unsaturated/α-hetero) is 1. The van der Waals surface area contributed by atoms with E-state index in [2.05, 4.69) is 10.2 Å². The van der Waals surface area contributed by atoms with Gasteiger partial charge in [0.15, 0.2) is 0 Å². The molecule has 1 amide bonds. The molecule has 0 fully saturated rings. The van der Waals surface area contributed by atoms with E-state index in [4.69, 9.17) is 9.84 Å². The third-order valence-corrected chi connectivity index (χ3v) is 8.52. The number of rotatable bonds is 12. The Hall–Kier alpha value is -5.35. The van der Waals surface area contributed by atoms with Gasteiger partial charge in [0.05, 0.1) is 39.3 Å². The number of hydrogen-bond donors (Lipinski definition) is 4. The molecule has 4 rings (SSSR count). The molecule has 16 nitrogen and oxygen atoms in total. The van der Waals surface area contributed by atoms with Crippen LogP contribution in [-0.4, -0.2) is 70.8 Å². The lowest BCUT2D eigenvalue weighted by Crippen LogP contribution is -2.29. The van der Waals surface area contributed by atoms with Crippen molar-refractivity contribution in [3.8, 4) is 17.7 Å². The predicted molar refractivity (Wildman–Crippen MR) is 164 cm³/mol. The first-order chi connectivity index (χ1) is 22.2. The van der Waals surface area contributed by atoms with Crippen molar-refractivity contribution in [3.05, 3.63) is 82.3 Å². The second-order valence-corrected chi connectivity index (χ2v) is 12.6. The van der Waals surface area contributed by atoms with Gasteiger partial charge in [-0.3, -0.25) is 28.6 Å². The molecule has 0 radical (unpaired) electrons. The number of hydrazone groups is 1. The summed E-state index contributed by atoms with van der Waals surface area (Å²) in [5.74, 6) is -1.60. The first kappa shape index (κ1) is 34.5. The van der Waals surface area contributed by atoms with Crippen molar-refractivity contribution in [2.75, 3.05) is 11.6 Å². The van der Waals surface area contributed by atoms with Gasteiger partial charge in [0.25, 0.3) is 37.5 Å². The van der Waals surface area contributed by atoms with E-state index in [1.807, 2.05) is 5.92 Å². The van der Waals surface area contributed by atoms with Gasteiger partial charge in [-0.2, -0.15) is 26.9 Å². The zero-order chi connectivity index (χ0) is 34.5. The predicted octanol–water partition coefficient (Wildman–Crippen LogP) is 1.64. The van der Waals surface area contributed by atoms with Crippen molar-refractivity contribution in [1.29, 1.82) is 0 Å². The average Bonchev–Trinajstić information content (AvgIpc) is 3.52. The van der Waals surface area contributed by atoms with Crippen molar-refractivity contribution < 1.29 is 50.2 Å². The molecule has 3 aromatic rings. The van der Waals surface area contributed by atoms with E-state index < -0.39 is 59.2 Å². The van der Waals surface area contributed by atoms with Gasteiger partial charge in [0.1, 0.15) is 17.5 Å². The van der Waals surface area contributed by atoms with Crippen LogP contribution >= 0.6 is 0 Å². The summed E-state index contributed by atoms with van der Waals surface area (Å²) in [6.07, 6.45) is 4.77. The quantitative estimate of drug-likeness (QED) is 0.0920. The van der Waals surface area contributed by atoms with E-state index in [9.17, 15) is 45.1 Å². The Morgan fingerprint density at radius 3 is 2.06 bits per heavy atom. The number of H-pyrrole nitrogens is 1. The Bertz CT molecular complexity index is 2120. The molecule has 4 N–H and O–H groups in total. The molecule has 0 aliphatic carbocycles. The highest BCUT2D eigenvalue weighted by Gasteiger charge is 2.39. The van der Waals surface area contributed by atoms with Crippen LogP contribution in [0.25, 0.3) is 5.69 Å². The van der Waals surface area contributed by atoms with Gasteiger partial charge in [-0.25, -0.2) is 9.48 Å². The van der Waals surface area contributed by atoms with Gasteiger partial charge < -0.3 is 9.84 Å². The lowest BCUT2D eigenvalue weighted by Gasteiger charge is -2.13. The molecular weight excluding hydrogens is 660 g/mol. The number of nitrogens with zero attached hydrogens (tertiary/aromatic N) is 3. The van der Waals surface area contributed by atoms with Gasteiger partial charge in [-0.05, 0) is 74.7 Å². The molecule has 1 aliphatic rings. The highest BCUT2D eigenvalue weighted by Crippen LogP contribution is 2.28. The lowest BCUT2D eigenvalue weighted by atomic mass is 9.96. The number of benzene rings is 2. The molecule has 2 aromatic carbocycles. The number of nitrogens with one attached hydrogen (secondary N) is 1. The number of aromatic nitrogens is 2. The van der Waals surface area contributed by atoms with Crippen LogP contribution in [-0.2, 0) is 41.0 Å². The van der Waals surface area contributed by atoms with Crippen LogP contribution in [0.15, 0.2) is 80.4 Å². The van der Waals surface area contributed by atoms with Crippen LogP contribution in [0.5, 0.6) is 0 Å². The Morgan fingerprint density at radius 1 is 0.957 bits per heavy atom. The van der Waals surface area contributed by atoms with Crippen molar-refractivity contribution in [2.45, 2.75) is 36.0 Å². The number of esters is 1. The summed E-state index contributed by atoms with van der Waals surface area (Å²) in [5, 5.41) is 16.5. The number of aliphatic hydroxyl groups is 1. The number of carbonyl (C=O) groups excluding carboxylic acids is 3. The number of amides is 1. The maximum atomic E-state index is 13.3. The molecule has 0 spiro atoms. The van der Waals surface area contributed by atoms with Gasteiger partial charge >= 0.3 is 5.97 Å². The Morgan fingerprint density at radius 2 is 1.53 bits per heavy atom. The van der Waals surface area contributed by atoms with Crippen LogP contribution in [0.1, 0.15) is 35.8 Å². The molecule has 47 heavy (non-hydrogen) atoms. The third-order valence-electron chi connectivity index (χ3n) is 6.78. The number of aliphatic hydroxyl groups excluding tert-OH is 1. The van der Waals surface area contributed by atoms with E-state index in [0.29, 0.717) is 0 Å². The fourth-order valence-corrected chi connectivity index (χ4v) is 5.53. The van der Waals surface area contributed by atoms with Crippen LogP contribution in [0.3, 0.4) is 0 Å². The Labute approximate surface area is 267 Å². The molecule has 2 heterocycles. The van der Waals surface area contributed by atoms with Crippen molar-refractivity contribution >= 4 is 49.3 Å². The molecule has 1 aliphatic heterocycles. The van der Waals surface area contributed by atoms with E-state index in [-0.39, 0.29) is 54.2 Å². The van der Waals surface area contributed by atoms with E-state index >= 15 is 0 Å². The van der Waals surface area contributed by atoms with Gasteiger partial charge in [0, 0.05) is 5.92 Å². The third kappa shape index (κ3) is 7.73. The molecule has 246 valence electrons. The molecular formula is C29H26N4O12S2. The second kappa shape index (κ2) is 14.0. The maximum absolute atomic E-state index is 13.3. The SMILES string of the molecule is CCOC(=O)c1[nH]n(-c2ccc(S(=O)(=O)O)cc2)c(=O)c1CCC=CCC1C(=O)N(c2ccc(S(=O)(=O)O)cc2)N=C1C(=O)C#CO. The first-order valence-electron chi connectivity index (χ1n) is 13.6. The fourth-order valence-electron chi connectivity index (χ4n) is 4.57. The number of ether oxygens (including phenoxy) is 1. The zero-order valence-electron chi connectivity index (χ0n) is 24.4. The summed E-state index contributed by atoms with van der Waals surface area (Å²) in [4.78, 5) is 50.8. The normalized spacial score (nSPS) is 15.0. The number of carbonyl (C=O) groups is 3. The number of aromatic amines is 1. The molecule has 0 saturated carbocycles. The maximum Gasteiger partial charge on any atom is 0.356 e. The summed E-state index contributed by atoms with van der Waals surface area (Å²) in [6, 6.07) is 9.18. The molecule has 1 unspecified atom stereocenters.